The molecule has 3 heteroatoms. The van der Waals surface area contributed by atoms with Crippen LogP contribution in [-0.2, 0) is 4.43 Å². The number of rotatable bonds is 4. The van der Waals surface area contributed by atoms with Crippen molar-refractivity contribution in [2.24, 2.45) is 0 Å². The molecule has 0 radical (unpaired) electrons. The van der Waals surface area contributed by atoms with Crippen LogP contribution in [0.25, 0.3) is 10.8 Å². The maximum absolute atomic E-state index is 12.4. The smallest absolute Gasteiger partial charge is 0.192 e. The molecule has 0 bridgehead atoms. The molecule has 0 heterocycles. The number of hydrogen-bond donors (Lipinski definition) is 0. The van der Waals surface area contributed by atoms with Crippen LogP contribution in [0, 0.1) is 0 Å². The van der Waals surface area contributed by atoms with E-state index in [1.165, 1.54) is 0 Å². The first-order valence-corrected chi connectivity index (χ1v) is 10.3. The van der Waals surface area contributed by atoms with Crippen LogP contribution >= 0.6 is 0 Å². The Morgan fingerprint density at radius 3 is 2.29 bits per heavy atom. The highest BCUT2D eigenvalue weighted by Gasteiger charge is 2.37. The second kappa shape index (κ2) is 5.74. The minimum atomic E-state index is -1.88. The molecule has 21 heavy (non-hydrogen) atoms. The molecule has 2 nitrogen and oxygen atoms in total. The molecule has 2 aromatic rings. The fourth-order valence-electron chi connectivity index (χ4n) is 1.91. The van der Waals surface area contributed by atoms with Gasteiger partial charge in [-0.05, 0) is 35.0 Å². The standard InChI is InChI=1S/C18H24O2Si/c1-18(2,3)21(4,5)20-13-17(19)16-11-10-14-8-6-7-9-15(14)12-16/h6-12H,13H2,1-5H3. The summed E-state index contributed by atoms with van der Waals surface area (Å²) in [4.78, 5) is 12.4. The van der Waals surface area contributed by atoms with Crippen LogP contribution < -0.4 is 0 Å². The van der Waals surface area contributed by atoms with Crippen molar-refractivity contribution in [1.29, 1.82) is 0 Å². The third kappa shape index (κ3) is 3.60. The molecule has 0 aromatic heterocycles. The van der Waals surface area contributed by atoms with Crippen molar-refractivity contribution in [1.82, 2.24) is 0 Å². The molecule has 0 aliphatic rings. The van der Waals surface area contributed by atoms with E-state index in [9.17, 15) is 4.79 Å². The summed E-state index contributed by atoms with van der Waals surface area (Å²) in [5.41, 5.74) is 0.729. The summed E-state index contributed by atoms with van der Waals surface area (Å²) in [6.45, 7) is 11.1. The summed E-state index contributed by atoms with van der Waals surface area (Å²) in [7, 11) is -1.88. The van der Waals surface area contributed by atoms with Gasteiger partial charge in [0.2, 0.25) is 0 Å². The van der Waals surface area contributed by atoms with Gasteiger partial charge in [-0.25, -0.2) is 0 Å². The molecular formula is C18H24O2Si. The summed E-state index contributed by atoms with van der Waals surface area (Å²) in [5.74, 6) is 0.0607. The molecule has 0 aliphatic carbocycles. The molecule has 2 aromatic carbocycles. The number of hydrogen-bond acceptors (Lipinski definition) is 2. The van der Waals surface area contributed by atoms with E-state index in [4.69, 9.17) is 4.43 Å². The average Bonchev–Trinajstić information content (AvgIpc) is 2.43. The van der Waals surface area contributed by atoms with Crippen molar-refractivity contribution >= 4 is 24.9 Å². The lowest BCUT2D eigenvalue weighted by molar-refractivity contribution is 0.0911. The minimum absolute atomic E-state index is 0.0607. The molecule has 2 rings (SSSR count). The molecule has 0 saturated heterocycles. The molecule has 0 unspecified atom stereocenters. The molecule has 0 atom stereocenters. The SMILES string of the molecule is CC(C)(C)[Si](C)(C)OCC(=O)c1ccc2ccccc2c1. The van der Waals surface area contributed by atoms with Crippen LogP contribution in [0.3, 0.4) is 0 Å². The second-order valence-electron chi connectivity index (χ2n) is 7.03. The van der Waals surface area contributed by atoms with Gasteiger partial charge in [0.15, 0.2) is 14.1 Å². The van der Waals surface area contributed by atoms with Gasteiger partial charge >= 0.3 is 0 Å². The van der Waals surface area contributed by atoms with Gasteiger partial charge in [-0.3, -0.25) is 4.79 Å². The van der Waals surface area contributed by atoms with Gasteiger partial charge < -0.3 is 4.43 Å². The Bertz CT molecular complexity index is 654. The number of Topliss-reactive ketones (excluding diaryl/α,β-unsaturated/α-hetero) is 1. The lowest BCUT2D eigenvalue weighted by atomic mass is 10.0. The van der Waals surface area contributed by atoms with E-state index in [0.717, 1.165) is 16.3 Å². The number of benzene rings is 2. The van der Waals surface area contributed by atoms with Gasteiger partial charge in [-0.2, -0.15) is 0 Å². The highest BCUT2D eigenvalue weighted by Crippen LogP contribution is 2.36. The van der Waals surface area contributed by atoms with Gasteiger partial charge in [0.1, 0.15) is 0 Å². The van der Waals surface area contributed by atoms with Crippen LogP contribution in [0.2, 0.25) is 18.1 Å². The number of fused-ring (bicyclic) bond motifs is 1. The summed E-state index contributed by atoms with van der Waals surface area (Å²) >= 11 is 0. The fourth-order valence-corrected chi connectivity index (χ4v) is 2.83. The first-order valence-electron chi connectivity index (χ1n) is 7.37. The van der Waals surface area contributed by atoms with Crippen LogP contribution in [0.15, 0.2) is 42.5 Å². The van der Waals surface area contributed by atoms with Crippen molar-refractivity contribution in [3.63, 3.8) is 0 Å². The zero-order valence-corrected chi connectivity index (χ0v) is 14.6. The lowest BCUT2D eigenvalue weighted by Crippen LogP contribution is -2.42. The Morgan fingerprint density at radius 2 is 1.67 bits per heavy atom. The Labute approximate surface area is 128 Å². The largest absolute Gasteiger partial charge is 0.409 e. The van der Waals surface area contributed by atoms with Gasteiger partial charge in [-0.15, -0.1) is 0 Å². The van der Waals surface area contributed by atoms with E-state index in [1.54, 1.807) is 0 Å². The molecular weight excluding hydrogens is 276 g/mol. The molecule has 112 valence electrons. The Balaban J connectivity index is 2.12. The van der Waals surface area contributed by atoms with Crippen LogP contribution in [0.4, 0.5) is 0 Å². The highest BCUT2D eigenvalue weighted by atomic mass is 28.4. The predicted octanol–water partition coefficient (Wildman–Crippen LogP) is 5.04. The Kier molecular flexibility index (Phi) is 4.35. The fraction of sp³-hybridized carbons (Fsp3) is 0.389. The first-order chi connectivity index (χ1) is 9.71. The van der Waals surface area contributed by atoms with E-state index < -0.39 is 8.32 Å². The molecule has 0 fully saturated rings. The molecule has 0 saturated carbocycles. The van der Waals surface area contributed by atoms with Crippen molar-refractivity contribution in [3.05, 3.63) is 48.0 Å². The van der Waals surface area contributed by atoms with Gasteiger partial charge in [0.05, 0.1) is 6.61 Å². The summed E-state index contributed by atoms with van der Waals surface area (Å²) in [6.07, 6.45) is 0. The van der Waals surface area contributed by atoms with Gasteiger partial charge in [-0.1, -0.05) is 57.2 Å². The van der Waals surface area contributed by atoms with Crippen molar-refractivity contribution < 1.29 is 9.22 Å². The zero-order chi connectivity index (χ0) is 15.7. The normalized spacial score (nSPS) is 12.6. The van der Waals surface area contributed by atoms with Crippen molar-refractivity contribution in [2.75, 3.05) is 6.61 Å². The van der Waals surface area contributed by atoms with E-state index in [-0.39, 0.29) is 17.4 Å². The topological polar surface area (TPSA) is 26.3 Å². The first kappa shape index (κ1) is 15.9. The highest BCUT2D eigenvalue weighted by molar-refractivity contribution is 6.74. The lowest BCUT2D eigenvalue weighted by Gasteiger charge is -2.35. The van der Waals surface area contributed by atoms with E-state index >= 15 is 0 Å². The summed E-state index contributed by atoms with van der Waals surface area (Å²) in [5, 5.41) is 2.37. The van der Waals surface area contributed by atoms with Crippen LogP contribution in [-0.4, -0.2) is 20.7 Å². The summed E-state index contributed by atoms with van der Waals surface area (Å²) < 4.78 is 6.01. The van der Waals surface area contributed by atoms with Crippen LogP contribution in [0.1, 0.15) is 31.1 Å². The van der Waals surface area contributed by atoms with Gasteiger partial charge in [0.25, 0.3) is 0 Å². The predicted molar refractivity (Wildman–Crippen MR) is 91.4 cm³/mol. The van der Waals surface area contributed by atoms with Crippen LogP contribution in [0.5, 0.6) is 0 Å². The maximum Gasteiger partial charge on any atom is 0.192 e. The second-order valence-corrected chi connectivity index (χ2v) is 11.8. The Hall–Kier alpha value is -1.45. The van der Waals surface area contributed by atoms with E-state index in [1.807, 2.05) is 36.4 Å². The zero-order valence-electron chi connectivity index (χ0n) is 13.6. The third-order valence-corrected chi connectivity index (χ3v) is 8.92. The number of carbonyl (C=O) groups excluding carboxylic acids is 1. The number of carbonyl (C=O) groups is 1. The average molecular weight is 300 g/mol. The minimum Gasteiger partial charge on any atom is -0.409 e. The molecule has 0 amide bonds. The van der Waals surface area contributed by atoms with E-state index in [2.05, 4.69) is 39.9 Å². The quantitative estimate of drug-likeness (QED) is 0.584. The summed E-state index contributed by atoms with van der Waals surface area (Å²) in [6, 6.07) is 13.9. The molecule has 0 spiro atoms. The van der Waals surface area contributed by atoms with Crippen molar-refractivity contribution in [3.8, 4) is 0 Å². The third-order valence-electron chi connectivity index (χ3n) is 4.44. The molecule has 0 aliphatic heterocycles. The van der Waals surface area contributed by atoms with Gasteiger partial charge in [0, 0.05) is 5.56 Å². The maximum atomic E-state index is 12.4. The monoisotopic (exact) mass is 300 g/mol. The Morgan fingerprint density at radius 1 is 1.05 bits per heavy atom. The van der Waals surface area contributed by atoms with Crippen molar-refractivity contribution in [2.45, 2.75) is 38.9 Å². The molecule has 0 N–H and O–H groups in total. The van der Waals surface area contributed by atoms with E-state index in [0.29, 0.717) is 0 Å². The number of ketones is 1.